The average molecular weight is 133 g/mol. The first-order valence-corrected chi connectivity index (χ1v) is 3.04. The van der Waals surface area contributed by atoms with Gasteiger partial charge in [0.15, 0.2) is 6.61 Å². The summed E-state index contributed by atoms with van der Waals surface area (Å²) < 4.78 is 5.03. The molecular weight excluding hydrogens is 128 g/mol. The predicted octanol–water partition coefficient (Wildman–Crippen LogP) is 1.06. The summed E-state index contributed by atoms with van der Waals surface area (Å²) in [7, 11) is 0. The van der Waals surface area contributed by atoms with Gasteiger partial charge < -0.3 is 4.74 Å². The van der Waals surface area contributed by atoms with Crippen LogP contribution < -0.4 is 4.74 Å². The zero-order valence-corrected chi connectivity index (χ0v) is 5.26. The number of ether oxygens (including phenoxy) is 1. The summed E-state index contributed by atoms with van der Waals surface area (Å²) in [6, 6.07) is 7.96. The molecule has 1 aromatic rings. The number of carbonyl (C=O) groups excluding carboxylic acids is 1. The van der Waals surface area contributed by atoms with E-state index in [1.807, 2.05) is 0 Å². The van der Waals surface area contributed by atoms with Crippen molar-refractivity contribution in [2.24, 2.45) is 0 Å². The summed E-state index contributed by atoms with van der Waals surface area (Å²) in [5.41, 5.74) is 0.679. The highest BCUT2D eigenvalue weighted by atomic mass is 16.5. The zero-order valence-electron chi connectivity index (χ0n) is 5.26. The minimum absolute atomic E-state index is 0.0593. The number of rotatable bonds is 0. The molecule has 1 aliphatic rings. The van der Waals surface area contributed by atoms with Gasteiger partial charge in [0, 0.05) is 0 Å². The van der Waals surface area contributed by atoms with Crippen molar-refractivity contribution in [3.8, 4) is 5.75 Å². The lowest BCUT2D eigenvalue weighted by atomic mass is 10.2. The van der Waals surface area contributed by atoms with E-state index in [4.69, 9.17) is 4.74 Å². The van der Waals surface area contributed by atoms with Gasteiger partial charge in [-0.1, -0.05) is 6.07 Å². The number of hydrogen-bond acceptors (Lipinski definition) is 2. The van der Waals surface area contributed by atoms with Crippen molar-refractivity contribution in [2.45, 2.75) is 0 Å². The molecule has 2 heteroatoms. The molecule has 10 heavy (non-hydrogen) atoms. The van der Waals surface area contributed by atoms with Crippen LogP contribution >= 0.6 is 0 Å². The van der Waals surface area contributed by atoms with E-state index in [1.54, 1.807) is 18.2 Å². The molecule has 0 saturated carbocycles. The maximum absolute atomic E-state index is 10.9. The topological polar surface area (TPSA) is 26.3 Å². The van der Waals surface area contributed by atoms with Crippen molar-refractivity contribution in [1.82, 2.24) is 0 Å². The smallest absolute Gasteiger partial charge is 0.203 e. The van der Waals surface area contributed by atoms with Gasteiger partial charge in [-0.05, 0) is 18.2 Å². The summed E-state index contributed by atoms with van der Waals surface area (Å²) in [5, 5.41) is 0. The van der Waals surface area contributed by atoms with E-state index in [0.717, 1.165) is 0 Å². The Kier molecular flexibility index (Phi) is 1.01. The van der Waals surface area contributed by atoms with Gasteiger partial charge >= 0.3 is 0 Å². The maximum Gasteiger partial charge on any atom is 0.203 e. The van der Waals surface area contributed by atoms with Gasteiger partial charge in [0.25, 0.3) is 0 Å². The van der Waals surface area contributed by atoms with Crippen LogP contribution in [0.15, 0.2) is 18.2 Å². The highest BCUT2D eigenvalue weighted by Gasteiger charge is 2.19. The van der Waals surface area contributed by atoms with Crippen molar-refractivity contribution in [2.75, 3.05) is 6.61 Å². The molecule has 0 bridgehead atoms. The van der Waals surface area contributed by atoms with Crippen LogP contribution in [0.2, 0.25) is 0 Å². The van der Waals surface area contributed by atoms with Crippen molar-refractivity contribution in [3.05, 3.63) is 29.8 Å². The molecule has 0 spiro atoms. The Labute approximate surface area is 58.4 Å². The maximum atomic E-state index is 10.9. The molecule has 2 nitrogen and oxygen atoms in total. The first kappa shape index (κ1) is 5.47. The van der Waals surface area contributed by atoms with Crippen LogP contribution in [0.3, 0.4) is 0 Å². The molecule has 0 N–H and O–H groups in total. The van der Waals surface area contributed by atoms with Gasteiger partial charge in [-0.25, -0.2) is 0 Å². The van der Waals surface area contributed by atoms with Crippen LogP contribution in [0, 0.1) is 6.07 Å². The van der Waals surface area contributed by atoms with Crippen LogP contribution in [0.5, 0.6) is 5.75 Å². The Bertz CT molecular complexity index is 278. The molecule has 0 amide bonds. The van der Waals surface area contributed by atoms with Crippen molar-refractivity contribution in [3.63, 3.8) is 0 Å². The van der Waals surface area contributed by atoms with Gasteiger partial charge in [0.05, 0.1) is 5.56 Å². The number of hydrogen-bond donors (Lipinski definition) is 0. The third kappa shape index (κ3) is 0.620. The first-order valence-electron chi connectivity index (χ1n) is 3.04. The molecule has 49 valence electrons. The largest absolute Gasteiger partial charge is 0.485 e. The lowest BCUT2D eigenvalue weighted by Crippen LogP contribution is -1.98. The molecule has 2 rings (SSSR count). The Morgan fingerprint density at radius 1 is 1.60 bits per heavy atom. The van der Waals surface area contributed by atoms with Gasteiger partial charge in [-0.3, -0.25) is 4.79 Å². The standard InChI is InChI=1S/C8H5O2/c9-7-5-10-8-4-2-1-3-6(7)8/h1,3-4H,5H2. The Morgan fingerprint density at radius 2 is 2.50 bits per heavy atom. The second-order valence-electron chi connectivity index (χ2n) is 2.13. The molecule has 0 unspecified atom stereocenters. The minimum atomic E-state index is 0.0593. The zero-order chi connectivity index (χ0) is 6.97. The molecule has 1 heterocycles. The summed E-state index contributed by atoms with van der Waals surface area (Å²) >= 11 is 0. The van der Waals surface area contributed by atoms with E-state index in [2.05, 4.69) is 6.07 Å². The average Bonchev–Trinajstić information content (AvgIpc) is 2.34. The molecule has 0 aromatic heterocycles. The third-order valence-electron chi connectivity index (χ3n) is 1.49. The van der Waals surface area contributed by atoms with E-state index < -0.39 is 0 Å². The number of ketones is 1. The number of Topliss-reactive ketones (excluding diaryl/α,β-unsaturated/α-hetero) is 1. The molecular formula is C8H5O2. The summed E-state index contributed by atoms with van der Waals surface area (Å²) in [6.07, 6.45) is 0. The molecule has 1 aromatic carbocycles. The van der Waals surface area contributed by atoms with Crippen molar-refractivity contribution >= 4 is 5.78 Å². The van der Waals surface area contributed by atoms with Crippen LogP contribution in [-0.4, -0.2) is 12.4 Å². The van der Waals surface area contributed by atoms with Gasteiger partial charge in [-0.15, -0.1) is 0 Å². The van der Waals surface area contributed by atoms with E-state index in [-0.39, 0.29) is 12.4 Å². The molecule has 1 aliphatic heterocycles. The number of benzene rings is 1. The normalized spacial score (nSPS) is 14.6. The second-order valence-corrected chi connectivity index (χ2v) is 2.13. The number of fused-ring (bicyclic) bond motifs is 1. The van der Waals surface area contributed by atoms with E-state index in [0.29, 0.717) is 11.3 Å². The Balaban J connectivity index is 2.61. The summed E-state index contributed by atoms with van der Waals surface area (Å²) in [6.45, 7) is 0.188. The van der Waals surface area contributed by atoms with Gasteiger partial charge in [0.2, 0.25) is 5.78 Å². The van der Waals surface area contributed by atoms with Crippen LogP contribution in [0.1, 0.15) is 10.4 Å². The van der Waals surface area contributed by atoms with E-state index in [9.17, 15) is 4.79 Å². The summed E-state index contributed by atoms with van der Waals surface area (Å²) in [5.74, 6) is 0.719. The van der Waals surface area contributed by atoms with Crippen molar-refractivity contribution < 1.29 is 9.53 Å². The van der Waals surface area contributed by atoms with E-state index in [1.165, 1.54) is 0 Å². The molecule has 1 radical (unpaired) electrons. The van der Waals surface area contributed by atoms with Crippen LogP contribution in [-0.2, 0) is 0 Å². The second kappa shape index (κ2) is 1.84. The highest BCUT2D eigenvalue weighted by Crippen LogP contribution is 2.23. The SMILES string of the molecule is O=C1COc2c[c]ccc21. The van der Waals surface area contributed by atoms with Crippen LogP contribution in [0.25, 0.3) is 0 Å². The van der Waals surface area contributed by atoms with Crippen LogP contribution in [0.4, 0.5) is 0 Å². The Hall–Kier alpha value is -1.31. The quantitative estimate of drug-likeness (QED) is 0.529. The monoisotopic (exact) mass is 133 g/mol. The van der Waals surface area contributed by atoms with Crippen molar-refractivity contribution in [1.29, 1.82) is 0 Å². The predicted molar refractivity (Wildman–Crippen MR) is 35.1 cm³/mol. The fourth-order valence-corrected chi connectivity index (χ4v) is 0.986. The lowest BCUT2D eigenvalue weighted by Gasteiger charge is -1.91. The summed E-state index contributed by atoms with van der Waals surface area (Å²) in [4.78, 5) is 10.9. The number of carbonyl (C=O) groups is 1. The molecule has 0 saturated heterocycles. The lowest BCUT2D eigenvalue weighted by molar-refractivity contribution is 0.0961. The van der Waals surface area contributed by atoms with Gasteiger partial charge in [-0.2, -0.15) is 0 Å². The fraction of sp³-hybridized carbons (Fsp3) is 0.125. The molecule has 0 aliphatic carbocycles. The van der Waals surface area contributed by atoms with Gasteiger partial charge in [0.1, 0.15) is 5.75 Å². The highest BCUT2D eigenvalue weighted by molar-refractivity contribution is 6.02. The minimum Gasteiger partial charge on any atom is -0.485 e. The first-order chi connectivity index (χ1) is 4.88. The third-order valence-corrected chi connectivity index (χ3v) is 1.49. The Morgan fingerprint density at radius 3 is 3.30 bits per heavy atom. The fourth-order valence-electron chi connectivity index (χ4n) is 0.986. The molecule has 0 atom stereocenters. The molecule has 0 fully saturated rings. The van der Waals surface area contributed by atoms with E-state index >= 15 is 0 Å².